The fraction of sp³-hybridized carbons (Fsp3) is 0.391. The number of nitrogens with one attached hydrogen (secondary N) is 1. The molecule has 10 heteroatoms. The maximum absolute atomic E-state index is 14.1. The van der Waals surface area contributed by atoms with Crippen LogP contribution in [0.2, 0.25) is 5.02 Å². The number of hydrogen-bond acceptors (Lipinski definition) is 5. The van der Waals surface area contributed by atoms with Gasteiger partial charge >= 0.3 is 0 Å². The van der Waals surface area contributed by atoms with Gasteiger partial charge in [-0.3, -0.25) is 4.79 Å². The Morgan fingerprint density at radius 1 is 1.18 bits per heavy atom. The molecule has 2 aromatic carbocycles. The van der Waals surface area contributed by atoms with E-state index in [2.05, 4.69) is 5.32 Å². The number of hydrogen-bond donors (Lipinski definition) is 1. The van der Waals surface area contributed by atoms with Gasteiger partial charge in [-0.1, -0.05) is 17.7 Å². The smallest absolute Gasteiger partial charge is 0.238 e. The molecular formula is C23H24ClFN4O3S. The zero-order chi connectivity index (χ0) is 23.4. The number of nitrogens with zero attached hydrogens (tertiary/aromatic N) is 3. The topological polar surface area (TPSA) is 84.3 Å². The van der Waals surface area contributed by atoms with Crippen molar-refractivity contribution in [3.63, 3.8) is 0 Å². The lowest BCUT2D eigenvalue weighted by Gasteiger charge is -2.19. The highest BCUT2D eigenvalue weighted by Crippen LogP contribution is 2.57. The van der Waals surface area contributed by atoms with Gasteiger partial charge < -0.3 is 14.8 Å². The summed E-state index contributed by atoms with van der Waals surface area (Å²) in [7, 11) is -3.04. The van der Waals surface area contributed by atoms with E-state index in [1.807, 2.05) is 10.6 Å². The first-order valence-corrected chi connectivity index (χ1v) is 13.3. The van der Waals surface area contributed by atoms with Crippen LogP contribution >= 0.6 is 11.6 Å². The molecule has 2 heterocycles. The van der Waals surface area contributed by atoms with Crippen molar-refractivity contribution in [3.8, 4) is 0 Å². The molecule has 0 saturated heterocycles. The van der Waals surface area contributed by atoms with Crippen LogP contribution in [0.25, 0.3) is 11.0 Å². The predicted molar refractivity (Wildman–Crippen MR) is 126 cm³/mol. The van der Waals surface area contributed by atoms with Crippen molar-refractivity contribution in [3.05, 3.63) is 58.6 Å². The molecule has 1 fully saturated rings. The molecule has 1 aromatic heterocycles. The molecule has 0 atom stereocenters. The minimum atomic E-state index is -3.04. The van der Waals surface area contributed by atoms with Crippen molar-refractivity contribution >= 4 is 44.1 Å². The molecule has 33 heavy (non-hydrogen) atoms. The molecule has 5 rings (SSSR count). The van der Waals surface area contributed by atoms with Crippen LogP contribution in [-0.2, 0) is 33.1 Å². The molecule has 0 radical (unpaired) electrons. The Balaban J connectivity index is 1.44. The Morgan fingerprint density at radius 3 is 2.70 bits per heavy atom. The van der Waals surface area contributed by atoms with Crippen molar-refractivity contribution in [2.75, 3.05) is 30.0 Å². The fourth-order valence-electron chi connectivity index (χ4n) is 4.62. The van der Waals surface area contributed by atoms with Crippen LogP contribution in [0.3, 0.4) is 0 Å². The number of aromatic nitrogens is 2. The van der Waals surface area contributed by atoms with Crippen LogP contribution in [0.5, 0.6) is 0 Å². The van der Waals surface area contributed by atoms with Crippen molar-refractivity contribution in [2.24, 2.45) is 0 Å². The van der Waals surface area contributed by atoms with Gasteiger partial charge in [0, 0.05) is 30.9 Å². The number of benzene rings is 2. The maximum Gasteiger partial charge on any atom is 0.238 e. The van der Waals surface area contributed by atoms with Crippen molar-refractivity contribution in [1.29, 1.82) is 0 Å². The highest BCUT2D eigenvalue weighted by molar-refractivity contribution is 7.90. The Morgan fingerprint density at radius 2 is 1.97 bits per heavy atom. The molecule has 1 aliphatic carbocycles. The lowest BCUT2D eigenvalue weighted by molar-refractivity contribution is -0.120. The molecule has 2 aliphatic rings. The van der Waals surface area contributed by atoms with Crippen LogP contribution in [0, 0.1) is 5.82 Å². The number of rotatable bonds is 8. The Labute approximate surface area is 196 Å². The lowest BCUT2D eigenvalue weighted by Crippen LogP contribution is -2.33. The van der Waals surface area contributed by atoms with Crippen molar-refractivity contribution < 1.29 is 17.6 Å². The molecule has 1 aliphatic heterocycles. The minimum Gasteiger partial charge on any atom is -0.325 e. The molecule has 1 spiro atoms. The van der Waals surface area contributed by atoms with Gasteiger partial charge in [0.05, 0.1) is 34.4 Å². The van der Waals surface area contributed by atoms with Crippen LogP contribution in [-0.4, -0.2) is 49.0 Å². The number of halogens is 2. The SMILES string of the molecule is CS(=O)(=O)CCNCCn1c(CN2C(=O)C3(CC3)c3ccc(F)cc32)nc2cc(Cl)ccc21. The second-order valence-electron chi connectivity index (χ2n) is 8.83. The van der Waals surface area contributed by atoms with Crippen LogP contribution in [0.15, 0.2) is 36.4 Å². The van der Waals surface area contributed by atoms with Crippen LogP contribution in [0.1, 0.15) is 24.2 Å². The lowest BCUT2D eigenvalue weighted by atomic mass is 9.98. The van der Waals surface area contributed by atoms with Gasteiger partial charge in [0.1, 0.15) is 21.5 Å². The predicted octanol–water partition coefficient (Wildman–Crippen LogP) is 3.04. The molecule has 1 amide bonds. The third kappa shape index (κ3) is 4.13. The van der Waals surface area contributed by atoms with E-state index in [4.69, 9.17) is 16.6 Å². The number of carbonyl (C=O) groups excluding carboxylic acids is 1. The van der Waals surface area contributed by atoms with Crippen LogP contribution < -0.4 is 10.2 Å². The zero-order valence-electron chi connectivity index (χ0n) is 18.1. The Bertz CT molecular complexity index is 1370. The number of imidazole rings is 1. The number of carbonyl (C=O) groups is 1. The van der Waals surface area contributed by atoms with E-state index in [9.17, 15) is 17.6 Å². The molecule has 174 valence electrons. The Hall–Kier alpha value is -2.49. The van der Waals surface area contributed by atoms with E-state index in [-0.39, 0.29) is 24.0 Å². The van der Waals surface area contributed by atoms with E-state index in [1.165, 1.54) is 18.4 Å². The highest BCUT2D eigenvalue weighted by Gasteiger charge is 2.59. The third-order valence-corrected chi connectivity index (χ3v) is 7.60. The van der Waals surface area contributed by atoms with Gasteiger partial charge in [-0.25, -0.2) is 17.8 Å². The highest BCUT2D eigenvalue weighted by atomic mass is 35.5. The molecule has 0 bridgehead atoms. The maximum atomic E-state index is 14.1. The van der Waals surface area contributed by atoms with Gasteiger partial charge in [-0.2, -0.15) is 0 Å². The normalized spacial score (nSPS) is 16.7. The minimum absolute atomic E-state index is 0.00832. The van der Waals surface area contributed by atoms with E-state index in [1.54, 1.807) is 23.1 Å². The number of amides is 1. The summed E-state index contributed by atoms with van der Waals surface area (Å²) in [5.74, 6) is 0.344. The summed E-state index contributed by atoms with van der Waals surface area (Å²) in [6.45, 7) is 1.62. The summed E-state index contributed by atoms with van der Waals surface area (Å²) in [5, 5.41) is 3.71. The molecule has 3 aromatic rings. The first-order chi connectivity index (χ1) is 15.7. The van der Waals surface area contributed by atoms with Gasteiger partial charge in [0.2, 0.25) is 5.91 Å². The molecule has 7 nitrogen and oxygen atoms in total. The molecular weight excluding hydrogens is 467 g/mol. The second-order valence-corrected chi connectivity index (χ2v) is 11.5. The van der Waals surface area contributed by atoms with Gasteiger partial charge in [-0.15, -0.1) is 0 Å². The van der Waals surface area contributed by atoms with Gasteiger partial charge in [0.25, 0.3) is 0 Å². The summed E-state index contributed by atoms with van der Waals surface area (Å²) in [5.41, 5.74) is 2.56. The van der Waals surface area contributed by atoms with Crippen LogP contribution in [0.4, 0.5) is 10.1 Å². The first-order valence-electron chi connectivity index (χ1n) is 10.8. The second kappa shape index (κ2) is 8.07. The average molecular weight is 491 g/mol. The summed E-state index contributed by atoms with van der Waals surface area (Å²) >= 11 is 6.17. The summed E-state index contributed by atoms with van der Waals surface area (Å²) in [6, 6.07) is 10.0. The van der Waals surface area contributed by atoms with Crippen molar-refractivity contribution in [1.82, 2.24) is 14.9 Å². The number of anilines is 1. The van der Waals surface area contributed by atoms with E-state index >= 15 is 0 Å². The first kappa shape index (κ1) is 22.3. The average Bonchev–Trinajstić information content (AvgIpc) is 3.43. The van der Waals surface area contributed by atoms with E-state index < -0.39 is 15.3 Å². The Kier molecular flexibility index (Phi) is 5.46. The van der Waals surface area contributed by atoms with Gasteiger partial charge in [0.15, 0.2) is 0 Å². The van der Waals surface area contributed by atoms with Crippen molar-refractivity contribution in [2.45, 2.75) is 31.3 Å². The zero-order valence-corrected chi connectivity index (χ0v) is 19.7. The monoisotopic (exact) mass is 490 g/mol. The number of sulfone groups is 1. The number of fused-ring (bicyclic) bond motifs is 3. The van der Waals surface area contributed by atoms with E-state index in [0.717, 1.165) is 23.9 Å². The summed E-state index contributed by atoms with van der Waals surface area (Å²) < 4.78 is 38.8. The van der Waals surface area contributed by atoms with E-state index in [0.29, 0.717) is 41.7 Å². The standard InChI is InChI=1S/C23H24ClFN4O3S/c1-33(31,32)11-9-26-8-10-28-19-5-2-15(24)12-18(19)27-21(28)14-29-20-13-16(25)3-4-17(20)23(6-7-23)22(29)30/h2-5,12-13,26H,6-11,14H2,1H3. The molecule has 1 N–H and O–H groups in total. The third-order valence-electron chi connectivity index (χ3n) is 6.42. The fourth-order valence-corrected chi connectivity index (χ4v) is 5.30. The summed E-state index contributed by atoms with van der Waals surface area (Å²) in [4.78, 5) is 19.7. The largest absolute Gasteiger partial charge is 0.325 e. The van der Waals surface area contributed by atoms with Gasteiger partial charge in [-0.05, 0) is 48.7 Å². The summed E-state index contributed by atoms with van der Waals surface area (Å²) in [6.07, 6.45) is 2.76. The molecule has 1 saturated carbocycles. The quantitative estimate of drug-likeness (QED) is 0.491. The molecule has 0 unspecified atom stereocenters.